The van der Waals surface area contributed by atoms with Crippen LogP contribution >= 0.6 is 0 Å². The molecule has 118 valence electrons. The van der Waals surface area contributed by atoms with Gasteiger partial charge in [-0.1, -0.05) is 19.9 Å². The van der Waals surface area contributed by atoms with Gasteiger partial charge in [-0.05, 0) is 56.0 Å². The third-order valence-corrected chi connectivity index (χ3v) is 3.55. The quantitative estimate of drug-likeness (QED) is 0.591. The van der Waals surface area contributed by atoms with Crippen LogP contribution in [0.4, 0.5) is 0 Å². The number of ether oxygens (including phenoxy) is 2. The number of hydrogen-bond acceptors (Lipinski definition) is 4. The fourth-order valence-corrected chi connectivity index (χ4v) is 2.04. The smallest absolute Gasteiger partial charge is 0.323 e. The van der Waals surface area contributed by atoms with E-state index in [1.807, 2.05) is 26.0 Å². The molecule has 1 atom stereocenters. The monoisotopic (exact) mass is 293 g/mol. The van der Waals surface area contributed by atoms with Crippen LogP contribution in [-0.4, -0.2) is 32.3 Å². The molecule has 4 nitrogen and oxygen atoms in total. The Hall–Kier alpha value is -1.55. The third-order valence-electron chi connectivity index (χ3n) is 3.55. The number of esters is 1. The van der Waals surface area contributed by atoms with Crippen molar-refractivity contribution in [3.05, 3.63) is 29.3 Å². The second-order valence-corrected chi connectivity index (χ2v) is 5.65. The van der Waals surface area contributed by atoms with Crippen LogP contribution in [0.25, 0.3) is 0 Å². The molecule has 0 bridgehead atoms. The first kappa shape index (κ1) is 17.5. The summed E-state index contributed by atoms with van der Waals surface area (Å²) in [5, 5.41) is 3.22. The molecule has 4 heteroatoms. The van der Waals surface area contributed by atoms with Crippen molar-refractivity contribution in [1.29, 1.82) is 0 Å². The summed E-state index contributed by atoms with van der Waals surface area (Å²) < 4.78 is 10.5. The number of carbonyl (C=O) groups is 1. The first-order chi connectivity index (χ1) is 9.95. The molecule has 1 aromatic rings. The highest BCUT2D eigenvalue weighted by atomic mass is 16.5. The first-order valence-corrected chi connectivity index (χ1v) is 7.47. The van der Waals surface area contributed by atoms with Gasteiger partial charge in [-0.2, -0.15) is 0 Å². The number of rotatable bonds is 8. The SMILES string of the molecule is COC(=O)C(NCCCOc1ccc(C)c(C)c1)C(C)C. The van der Waals surface area contributed by atoms with Crippen LogP contribution in [-0.2, 0) is 9.53 Å². The maximum Gasteiger partial charge on any atom is 0.323 e. The van der Waals surface area contributed by atoms with Gasteiger partial charge in [0, 0.05) is 0 Å². The zero-order valence-corrected chi connectivity index (χ0v) is 13.7. The molecule has 0 spiro atoms. The average molecular weight is 293 g/mol. The van der Waals surface area contributed by atoms with Gasteiger partial charge in [-0.15, -0.1) is 0 Å². The minimum atomic E-state index is -0.253. The predicted molar refractivity (Wildman–Crippen MR) is 84.7 cm³/mol. The van der Waals surface area contributed by atoms with Crippen molar-refractivity contribution in [3.63, 3.8) is 0 Å². The van der Waals surface area contributed by atoms with Gasteiger partial charge in [0.1, 0.15) is 11.8 Å². The van der Waals surface area contributed by atoms with Gasteiger partial charge in [0.15, 0.2) is 0 Å². The van der Waals surface area contributed by atoms with E-state index in [4.69, 9.17) is 9.47 Å². The Morgan fingerprint density at radius 3 is 2.52 bits per heavy atom. The standard InChI is InChI=1S/C17H27NO3/c1-12(2)16(17(19)20-5)18-9-6-10-21-15-8-7-13(3)14(4)11-15/h7-8,11-12,16,18H,6,9-10H2,1-5H3. The van der Waals surface area contributed by atoms with E-state index in [-0.39, 0.29) is 17.9 Å². The molecule has 0 saturated carbocycles. The number of hydrogen-bond donors (Lipinski definition) is 1. The van der Waals surface area contributed by atoms with Crippen molar-refractivity contribution in [3.8, 4) is 5.75 Å². The molecule has 0 aromatic heterocycles. The normalized spacial score (nSPS) is 12.3. The summed E-state index contributed by atoms with van der Waals surface area (Å²) in [6.45, 7) is 9.51. The van der Waals surface area contributed by atoms with E-state index in [2.05, 4.69) is 25.2 Å². The Labute approximate surface area is 127 Å². The highest BCUT2D eigenvalue weighted by molar-refractivity contribution is 5.75. The highest BCUT2D eigenvalue weighted by Gasteiger charge is 2.21. The van der Waals surface area contributed by atoms with E-state index in [0.717, 1.165) is 18.7 Å². The van der Waals surface area contributed by atoms with Crippen LogP contribution in [0.3, 0.4) is 0 Å². The molecule has 1 N–H and O–H groups in total. The number of carbonyl (C=O) groups excluding carboxylic acids is 1. The first-order valence-electron chi connectivity index (χ1n) is 7.47. The van der Waals surface area contributed by atoms with Gasteiger partial charge in [-0.25, -0.2) is 0 Å². The van der Waals surface area contributed by atoms with Crippen LogP contribution in [0.15, 0.2) is 18.2 Å². The molecule has 0 saturated heterocycles. The van der Waals surface area contributed by atoms with Crippen molar-refractivity contribution in [2.45, 2.75) is 40.2 Å². The lowest BCUT2D eigenvalue weighted by Crippen LogP contribution is -2.42. The molecule has 1 rings (SSSR count). The molecular formula is C17H27NO3. The molecule has 0 heterocycles. The van der Waals surface area contributed by atoms with E-state index in [0.29, 0.717) is 6.61 Å². The fourth-order valence-electron chi connectivity index (χ4n) is 2.04. The summed E-state index contributed by atoms with van der Waals surface area (Å²) in [4.78, 5) is 11.6. The maximum atomic E-state index is 11.6. The molecule has 1 unspecified atom stereocenters. The zero-order valence-electron chi connectivity index (χ0n) is 13.7. The Bertz CT molecular complexity index is 457. The summed E-state index contributed by atoms with van der Waals surface area (Å²) >= 11 is 0. The summed E-state index contributed by atoms with van der Waals surface area (Å²) in [5.74, 6) is 0.893. The molecule has 0 radical (unpaired) electrons. The average Bonchev–Trinajstić information content (AvgIpc) is 2.45. The van der Waals surface area contributed by atoms with Crippen molar-refractivity contribution < 1.29 is 14.3 Å². The Balaban J connectivity index is 2.30. The Morgan fingerprint density at radius 2 is 1.95 bits per heavy atom. The van der Waals surface area contributed by atoms with Crippen molar-refractivity contribution >= 4 is 5.97 Å². The number of benzene rings is 1. The van der Waals surface area contributed by atoms with E-state index in [1.54, 1.807) is 0 Å². The Kier molecular flexibility index (Phi) is 7.23. The van der Waals surface area contributed by atoms with Crippen molar-refractivity contribution in [1.82, 2.24) is 5.32 Å². The van der Waals surface area contributed by atoms with Crippen molar-refractivity contribution in [2.75, 3.05) is 20.3 Å². The van der Waals surface area contributed by atoms with Crippen molar-refractivity contribution in [2.24, 2.45) is 5.92 Å². The molecule has 21 heavy (non-hydrogen) atoms. The summed E-state index contributed by atoms with van der Waals surface area (Å²) in [6, 6.07) is 5.85. The second-order valence-electron chi connectivity index (χ2n) is 5.65. The summed E-state index contributed by atoms with van der Waals surface area (Å²) in [5.41, 5.74) is 2.50. The van der Waals surface area contributed by atoms with Crippen LogP contribution in [0, 0.1) is 19.8 Å². The molecule has 0 fully saturated rings. The highest BCUT2D eigenvalue weighted by Crippen LogP contribution is 2.16. The number of aryl methyl sites for hydroxylation is 2. The topological polar surface area (TPSA) is 47.6 Å². The van der Waals surface area contributed by atoms with Gasteiger partial charge in [-0.3, -0.25) is 4.79 Å². The van der Waals surface area contributed by atoms with Crippen LogP contribution < -0.4 is 10.1 Å². The predicted octanol–water partition coefficient (Wildman–Crippen LogP) is 2.86. The zero-order chi connectivity index (χ0) is 15.8. The molecule has 0 aliphatic rings. The minimum Gasteiger partial charge on any atom is -0.494 e. The lowest BCUT2D eigenvalue weighted by molar-refractivity contribution is -0.144. The number of methoxy groups -OCH3 is 1. The van der Waals surface area contributed by atoms with E-state index < -0.39 is 0 Å². The molecule has 0 aliphatic heterocycles. The summed E-state index contributed by atoms with van der Waals surface area (Å²) in [7, 11) is 1.42. The summed E-state index contributed by atoms with van der Waals surface area (Å²) in [6.07, 6.45) is 0.840. The van der Waals surface area contributed by atoms with Gasteiger partial charge in [0.25, 0.3) is 0 Å². The van der Waals surface area contributed by atoms with Gasteiger partial charge < -0.3 is 14.8 Å². The van der Waals surface area contributed by atoms with Gasteiger partial charge >= 0.3 is 5.97 Å². The third kappa shape index (κ3) is 5.76. The van der Waals surface area contributed by atoms with E-state index in [9.17, 15) is 4.79 Å². The van der Waals surface area contributed by atoms with Crippen LogP contribution in [0.1, 0.15) is 31.4 Å². The maximum absolute atomic E-state index is 11.6. The Morgan fingerprint density at radius 1 is 1.24 bits per heavy atom. The van der Waals surface area contributed by atoms with Gasteiger partial charge in [0.2, 0.25) is 0 Å². The number of nitrogens with one attached hydrogen (secondary N) is 1. The van der Waals surface area contributed by atoms with Gasteiger partial charge in [0.05, 0.1) is 13.7 Å². The fraction of sp³-hybridized carbons (Fsp3) is 0.588. The van der Waals surface area contributed by atoms with Crippen LogP contribution in [0.5, 0.6) is 5.75 Å². The molecule has 0 aliphatic carbocycles. The molecule has 1 aromatic carbocycles. The van der Waals surface area contributed by atoms with Crippen LogP contribution in [0.2, 0.25) is 0 Å². The lowest BCUT2D eigenvalue weighted by Gasteiger charge is -2.19. The molecular weight excluding hydrogens is 266 g/mol. The van der Waals surface area contributed by atoms with E-state index >= 15 is 0 Å². The largest absolute Gasteiger partial charge is 0.494 e. The molecule has 0 amide bonds. The minimum absolute atomic E-state index is 0.207. The second kappa shape index (κ2) is 8.67. The van der Waals surface area contributed by atoms with E-state index in [1.165, 1.54) is 18.2 Å². The lowest BCUT2D eigenvalue weighted by atomic mass is 10.0.